The molecule has 0 radical (unpaired) electrons. The molecule has 0 aliphatic carbocycles. The van der Waals surface area contributed by atoms with Gasteiger partial charge >= 0.3 is 0 Å². The molecule has 1 aromatic carbocycles. The average Bonchev–Trinajstić information content (AvgIpc) is 3.18. The zero-order valence-corrected chi connectivity index (χ0v) is 19.7. The van der Waals surface area contributed by atoms with E-state index in [4.69, 9.17) is 14.2 Å². The Morgan fingerprint density at radius 3 is 2.60 bits per heavy atom. The number of amides is 4. The molecule has 3 aliphatic heterocycles. The van der Waals surface area contributed by atoms with Crippen LogP contribution >= 0.6 is 0 Å². The second kappa shape index (κ2) is 12.2. The smallest absolute Gasteiger partial charge is 0.255 e. The lowest BCUT2D eigenvalue weighted by molar-refractivity contribution is -0.137. The van der Waals surface area contributed by atoms with Gasteiger partial charge in [0.2, 0.25) is 17.7 Å². The molecule has 2 fully saturated rings. The van der Waals surface area contributed by atoms with Crippen molar-refractivity contribution in [3.8, 4) is 0 Å². The van der Waals surface area contributed by atoms with Crippen molar-refractivity contribution in [3.05, 3.63) is 29.3 Å². The fourth-order valence-electron chi connectivity index (χ4n) is 4.51. The Labute approximate surface area is 203 Å². The summed E-state index contributed by atoms with van der Waals surface area (Å²) in [5.74, 6) is -1.44. The number of nitrogens with zero attached hydrogens (tertiary/aromatic N) is 1. The number of hydrogen-bond acceptors (Lipinski definition) is 8. The van der Waals surface area contributed by atoms with Crippen molar-refractivity contribution in [2.24, 2.45) is 0 Å². The van der Waals surface area contributed by atoms with Gasteiger partial charge in [0, 0.05) is 29.8 Å². The van der Waals surface area contributed by atoms with Gasteiger partial charge in [-0.1, -0.05) is 6.07 Å². The number of piperidine rings is 2. The molecular formula is C24H32N4O7. The van der Waals surface area contributed by atoms with E-state index in [0.29, 0.717) is 42.7 Å². The molecule has 3 heterocycles. The van der Waals surface area contributed by atoms with E-state index in [-0.39, 0.29) is 50.3 Å². The summed E-state index contributed by atoms with van der Waals surface area (Å²) < 4.78 is 16.6. The maximum Gasteiger partial charge on any atom is 0.255 e. The predicted molar refractivity (Wildman–Crippen MR) is 125 cm³/mol. The molecule has 4 amide bonds. The summed E-state index contributed by atoms with van der Waals surface area (Å²) in [7, 11) is 0. The number of nitrogens with one attached hydrogen (secondary N) is 3. The SMILES string of the molecule is O=C1CCC(N2Cc3c(NC(=O)COCCOCCOC4CCNCC4)cccc3C2=O)C(=O)N1. The number of anilines is 1. The van der Waals surface area contributed by atoms with Gasteiger partial charge in [0.05, 0.1) is 32.5 Å². The van der Waals surface area contributed by atoms with Crippen molar-refractivity contribution >= 4 is 29.3 Å². The molecule has 1 aromatic rings. The minimum Gasteiger partial charge on any atom is -0.377 e. The number of hydrogen-bond donors (Lipinski definition) is 3. The van der Waals surface area contributed by atoms with Crippen LogP contribution in [0.25, 0.3) is 0 Å². The summed E-state index contributed by atoms with van der Waals surface area (Å²) >= 11 is 0. The summed E-state index contributed by atoms with van der Waals surface area (Å²) in [5, 5.41) is 8.37. The van der Waals surface area contributed by atoms with E-state index in [1.165, 1.54) is 4.90 Å². The van der Waals surface area contributed by atoms with Gasteiger partial charge in [0.1, 0.15) is 12.6 Å². The van der Waals surface area contributed by atoms with Gasteiger partial charge in [-0.05, 0) is 44.5 Å². The van der Waals surface area contributed by atoms with Crippen molar-refractivity contribution < 1.29 is 33.4 Å². The van der Waals surface area contributed by atoms with E-state index < -0.39 is 11.9 Å². The van der Waals surface area contributed by atoms with Crippen LogP contribution in [0.5, 0.6) is 0 Å². The van der Waals surface area contributed by atoms with E-state index in [1.54, 1.807) is 18.2 Å². The first-order chi connectivity index (χ1) is 17.0. The lowest BCUT2D eigenvalue weighted by atomic mass is 10.0. The van der Waals surface area contributed by atoms with Gasteiger partial charge in [-0.2, -0.15) is 0 Å². The molecule has 2 saturated heterocycles. The third-order valence-corrected chi connectivity index (χ3v) is 6.33. The molecule has 0 saturated carbocycles. The first-order valence-corrected chi connectivity index (χ1v) is 12.1. The van der Waals surface area contributed by atoms with Gasteiger partial charge < -0.3 is 29.7 Å². The monoisotopic (exact) mass is 488 g/mol. The number of carbonyl (C=O) groups is 4. The Morgan fingerprint density at radius 2 is 1.80 bits per heavy atom. The highest BCUT2D eigenvalue weighted by Gasteiger charge is 2.39. The van der Waals surface area contributed by atoms with Crippen molar-refractivity contribution in [3.63, 3.8) is 0 Å². The van der Waals surface area contributed by atoms with E-state index >= 15 is 0 Å². The average molecular weight is 489 g/mol. The first-order valence-electron chi connectivity index (χ1n) is 12.1. The van der Waals surface area contributed by atoms with E-state index in [1.807, 2.05) is 0 Å². The quantitative estimate of drug-likeness (QED) is 0.297. The third kappa shape index (κ3) is 6.63. The second-order valence-corrected chi connectivity index (χ2v) is 8.76. The maximum absolute atomic E-state index is 12.9. The fourth-order valence-corrected chi connectivity index (χ4v) is 4.51. The number of fused-ring (bicyclic) bond motifs is 1. The standard InChI is InChI=1S/C24H32N4O7/c29-21-5-4-20(23(31)27-21)28-14-18-17(24(28)32)2-1-3-19(18)26-22(30)15-34-11-10-33-12-13-35-16-6-8-25-9-7-16/h1-3,16,20,25H,4-15H2,(H,26,30)(H,27,29,31). The molecule has 11 nitrogen and oxygen atoms in total. The number of ether oxygens (including phenoxy) is 3. The van der Waals surface area contributed by atoms with Crippen LogP contribution in [0.2, 0.25) is 0 Å². The van der Waals surface area contributed by atoms with E-state index in [9.17, 15) is 19.2 Å². The van der Waals surface area contributed by atoms with Crippen LogP contribution in [-0.2, 0) is 35.1 Å². The van der Waals surface area contributed by atoms with Gasteiger partial charge in [-0.15, -0.1) is 0 Å². The molecule has 0 bridgehead atoms. The molecule has 1 atom stereocenters. The predicted octanol–water partition coefficient (Wildman–Crippen LogP) is 0.188. The minimum atomic E-state index is -0.704. The van der Waals surface area contributed by atoms with Crippen LogP contribution in [0.4, 0.5) is 5.69 Å². The summed E-state index contributed by atoms with van der Waals surface area (Å²) in [6.45, 7) is 3.66. The Balaban J connectivity index is 1.17. The van der Waals surface area contributed by atoms with Crippen molar-refractivity contribution in [2.45, 2.75) is 44.4 Å². The minimum absolute atomic E-state index is 0.149. The summed E-state index contributed by atoms with van der Waals surface area (Å²) in [4.78, 5) is 50.3. The van der Waals surface area contributed by atoms with Gasteiger partial charge in [0.25, 0.3) is 5.91 Å². The largest absolute Gasteiger partial charge is 0.377 e. The first kappa shape index (κ1) is 25.2. The lowest BCUT2D eigenvalue weighted by Gasteiger charge is -2.29. The molecule has 0 spiro atoms. The molecule has 11 heteroatoms. The highest BCUT2D eigenvalue weighted by atomic mass is 16.5. The molecular weight excluding hydrogens is 456 g/mol. The number of imide groups is 1. The zero-order chi connectivity index (χ0) is 24.6. The fraction of sp³-hybridized carbons (Fsp3) is 0.583. The normalized spacial score (nSPS) is 20.6. The Morgan fingerprint density at radius 1 is 1.03 bits per heavy atom. The molecule has 190 valence electrons. The number of benzene rings is 1. The molecule has 3 aliphatic rings. The number of carbonyl (C=O) groups excluding carboxylic acids is 4. The molecule has 0 aromatic heterocycles. The van der Waals surface area contributed by atoms with Crippen LogP contribution < -0.4 is 16.0 Å². The van der Waals surface area contributed by atoms with Crippen LogP contribution in [0, 0.1) is 0 Å². The maximum atomic E-state index is 12.9. The molecule has 35 heavy (non-hydrogen) atoms. The molecule has 1 unspecified atom stereocenters. The highest BCUT2D eigenvalue weighted by Crippen LogP contribution is 2.32. The van der Waals surface area contributed by atoms with Gasteiger partial charge in [0.15, 0.2) is 0 Å². The topological polar surface area (TPSA) is 135 Å². The van der Waals surface area contributed by atoms with Gasteiger partial charge in [-0.3, -0.25) is 24.5 Å². The van der Waals surface area contributed by atoms with Crippen LogP contribution in [0.15, 0.2) is 18.2 Å². The molecule has 3 N–H and O–H groups in total. The van der Waals surface area contributed by atoms with Crippen LogP contribution in [0.1, 0.15) is 41.6 Å². The van der Waals surface area contributed by atoms with Crippen molar-refractivity contribution in [2.75, 3.05) is 51.4 Å². The Hall–Kier alpha value is -2.86. The molecule has 4 rings (SSSR count). The second-order valence-electron chi connectivity index (χ2n) is 8.76. The third-order valence-electron chi connectivity index (χ3n) is 6.33. The van der Waals surface area contributed by atoms with E-state index in [0.717, 1.165) is 25.9 Å². The summed E-state index contributed by atoms with van der Waals surface area (Å²) in [5.41, 5.74) is 1.59. The summed E-state index contributed by atoms with van der Waals surface area (Å²) in [6, 6.07) is 4.36. The zero-order valence-electron chi connectivity index (χ0n) is 19.7. The van der Waals surface area contributed by atoms with E-state index in [2.05, 4.69) is 16.0 Å². The van der Waals surface area contributed by atoms with Gasteiger partial charge in [-0.25, -0.2) is 0 Å². The summed E-state index contributed by atoms with van der Waals surface area (Å²) in [6.07, 6.45) is 2.81. The van der Waals surface area contributed by atoms with Crippen molar-refractivity contribution in [1.82, 2.24) is 15.5 Å². The van der Waals surface area contributed by atoms with Crippen molar-refractivity contribution in [1.29, 1.82) is 0 Å². The lowest BCUT2D eigenvalue weighted by Crippen LogP contribution is -2.52. The Bertz CT molecular complexity index is 948. The van der Waals surface area contributed by atoms with Crippen LogP contribution in [0.3, 0.4) is 0 Å². The number of rotatable bonds is 11. The highest BCUT2D eigenvalue weighted by molar-refractivity contribution is 6.06. The Kier molecular flexibility index (Phi) is 8.80. The van der Waals surface area contributed by atoms with Crippen LogP contribution in [-0.4, -0.2) is 86.8 Å².